The van der Waals surface area contributed by atoms with Crippen LogP contribution in [0.1, 0.15) is 22.7 Å². The van der Waals surface area contributed by atoms with E-state index in [1.165, 1.54) is 0 Å². The van der Waals surface area contributed by atoms with Crippen molar-refractivity contribution in [3.63, 3.8) is 0 Å². The number of methoxy groups -OCH3 is 1. The van der Waals surface area contributed by atoms with Crippen molar-refractivity contribution in [2.75, 3.05) is 37.6 Å². The molecule has 0 saturated carbocycles. The number of aliphatic hydroxyl groups excluding tert-OH is 2. The van der Waals surface area contributed by atoms with E-state index in [0.717, 1.165) is 43.2 Å². The third kappa shape index (κ3) is 5.84. The van der Waals surface area contributed by atoms with Gasteiger partial charge in [0, 0.05) is 40.3 Å². The van der Waals surface area contributed by atoms with E-state index in [1.807, 2.05) is 85.9 Å². The number of hydrogen-bond acceptors (Lipinski definition) is 9. The molecule has 0 spiro atoms. The standard InChI is InChI=1S/C34H34N4O4S/c1-38(31-24(20-40)21-42-32-26(31)13-9-15-28(32)41-2)33-25-12-5-6-14-27(25)36-34(37-33)35-18-22-10-3-7-16-29(22)43-30-17-8-4-11-23(30)19-39/h3-17,24,31,39-40H,18-21H2,1-2H3,(H,35,36,37). The third-order valence-corrected chi connectivity index (χ3v) is 9.01. The lowest BCUT2D eigenvalue weighted by atomic mass is 9.89. The summed E-state index contributed by atoms with van der Waals surface area (Å²) in [4.78, 5) is 14.1. The highest BCUT2D eigenvalue weighted by Crippen LogP contribution is 2.45. The molecule has 2 unspecified atom stereocenters. The molecule has 0 radical (unpaired) electrons. The van der Waals surface area contributed by atoms with Crippen LogP contribution in [0.4, 0.5) is 11.8 Å². The second-order valence-electron chi connectivity index (χ2n) is 10.4. The van der Waals surface area contributed by atoms with Gasteiger partial charge in [0.05, 0.1) is 38.5 Å². The van der Waals surface area contributed by atoms with Crippen molar-refractivity contribution in [3.05, 3.63) is 108 Å². The van der Waals surface area contributed by atoms with E-state index in [-0.39, 0.29) is 25.2 Å². The molecule has 1 aliphatic heterocycles. The molecule has 5 aromatic rings. The minimum absolute atomic E-state index is 0.00761. The van der Waals surface area contributed by atoms with E-state index in [4.69, 9.17) is 19.4 Å². The first-order valence-corrected chi connectivity index (χ1v) is 15.0. The van der Waals surface area contributed by atoms with Gasteiger partial charge in [0.15, 0.2) is 11.5 Å². The number of nitrogens with zero attached hydrogens (tertiary/aromatic N) is 3. The molecule has 6 rings (SSSR count). The van der Waals surface area contributed by atoms with Crippen molar-refractivity contribution in [2.45, 2.75) is 29.0 Å². The first kappa shape index (κ1) is 28.8. The van der Waals surface area contributed by atoms with E-state index in [1.54, 1.807) is 18.9 Å². The van der Waals surface area contributed by atoms with Crippen LogP contribution in [0.2, 0.25) is 0 Å². The summed E-state index contributed by atoms with van der Waals surface area (Å²) in [6.07, 6.45) is 0. The molecule has 1 aromatic heterocycles. The molecule has 0 bridgehead atoms. The Balaban J connectivity index is 1.33. The average Bonchev–Trinajstić information content (AvgIpc) is 3.06. The Morgan fingerprint density at radius 2 is 1.63 bits per heavy atom. The van der Waals surface area contributed by atoms with Gasteiger partial charge in [-0.1, -0.05) is 72.4 Å². The number of rotatable bonds is 10. The minimum atomic E-state index is -0.196. The van der Waals surface area contributed by atoms with E-state index < -0.39 is 0 Å². The number of nitrogens with one attached hydrogen (secondary N) is 1. The highest BCUT2D eigenvalue weighted by molar-refractivity contribution is 7.99. The molecule has 9 heteroatoms. The van der Waals surface area contributed by atoms with Crippen LogP contribution in [0.3, 0.4) is 0 Å². The Bertz CT molecular complexity index is 1730. The van der Waals surface area contributed by atoms with Crippen LogP contribution in [0.15, 0.2) is 101 Å². The van der Waals surface area contributed by atoms with Gasteiger partial charge < -0.3 is 29.9 Å². The monoisotopic (exact) mass is 594 g/mol. The van der Waals surface area contributed by atoms with Crippen molar-refractivity contribution in [3.8, 4) is 11.5 Å². The summed E-state index contributed by atoms with van der Waals surface area (Å²) in [5.74, 6) is 2.46. The molecule has 0 aliphatic carbocycles. The number of anilines is 2. The maximum absolute atomic E-state index is 10.4. The molecule has 2 heterocycles. The number of fused-ring (bicyclic) bond motifs is 2. The second-order valence-corrected chi connectivity index (χ2v) is 11.5. The number of aliphatic hydroxyl groups is 2. The van der Waals surface area contributed by atoms with Gasteiger partial charge in [0.2, 0.25) is 5.95 Å². The summed E-state index contributed by atoms with van der Waals surface area (Å²) in [5, 5.41) is 24.5. The van der Waals surface area contributed by atoms with Crippen LogP contribution in [-0.4, -0.2) is 47.6 Å². The minimum Gasteiger partial charge on any atom is -0.493 e. The number of aromatic nitrogens is 2. The highest BCUT2D eigenvalue weighted by atomic mass is 32.2. The van der Waals surface area contributed by atoms with Gasteiger partial charge in [-0.3, -0.25) is 0 Å². The van der Waals surface area contributed by atoms with Gasteiger partial charge in [-0.2, -0.15) is 4.98 Å². The largest absolute Gasteiger partial charge is 0.493 e. The van der Waals surface area contributed by atoms with E-state index in [9.17, 15) is 10.2 Å². The Kier molecular flexibility index (Phi) is 8.64. The van der Waals surface area contributed by atoms with Crippen LogP contribution in [0.5, 0.6) is 11.5 Å². The lowest BCUT2D eigenvalue weighted by Gasteiger charge is -2.39. The summed E-state index contributed by atoms with van der Waals surface area (Å²) in [7, 11) is 3.64. The zero-order chi connectivity index (χ0) is 29.8. The lowest BCUT2D eigenvalue weighted by molar-refractivity contribution is 0.119. The molecular weight excluding hydrogens is 560 g/mol. The predicted molar refractivity (Wildman–Crippen MR) is 170 cm³/mol. The van der Waals surface area contributed by atoms with Crippen LogP contribution < -0.4 is 19.7 Å². The van der Waals surface area contributed by atoms with Gasteiger partial charge in [-0.25, -0.2) is 4.98 Å². The topological polar surface area (TPSA) is 100.0 Å². The molecule has 2 atom stereocenters. The van der Waals surface area contributed by atoms with Crippen LogP contribution in [0.25, 0.3) is 10.9 Å². The molecule has 1 aliphatic rings. The van der Waals surface area contributed by atoms with Crippen molar-refractivity contribution >= 4 is 34.4 Å². The van der Waals surface area contributed by atoms with Crippen LogP contribution in [0, 0.1) is 5.92 Å². The third-order valence-electron chi connectivity index (χ3n) is 7.78. The first-order valence-electron chi connectivity index (χ1n) is 14.2. The fourth-order valence-electron chi connectivity index (χ4n) is 5.61. The fraction of sp³-hybridized carbons (Fsp3) is 0.235. The lowest BCUT2D eigenvalue weighted by Crippen LogP contribution is -2.39. The first-order chi connectivity index (χ1) is 21.1. The summed E-state index contributed by atoms with van der Waals surface area (Å²) in [5.41, 5.74) is 3.75. The number of hydrogen-bond donors (Lipinski definition) is 3. The summed E-state index contributed by atoms with van der Waals surface area (Å²) in [6, 6.07) is 29.7. The van der Waals surface area contributed by atoms with Gasteiger partial charge in [0.1, 0.15) is 5.82 Å². The number of para-hydroxylation sites is 2. The van der Waals surface area contributed by atoms with Crippen LogP contribution >= 0.6 is 11.8 Å². The zero-order valence-electron chi connectivity index (χ0n) is 24.1. The van der Waals surface area contributed by atoms with Crippen LogP contribution in [-0.2, 0) is 13.2 Å². The highest BCUT2D eigenvalue weighted by Gasteiger charge is 2.36. The summed E-state index contributed by atoms with van der Waals surface area (Å²) in [6.45, 7) is 0.837. The molecule has 0 fully saturated rings. The van der Waals surface area contributed by atoms with Crippen molar-refractivity contribution in [1.82, 2.24) is 9.97 Å². The maximum atomic E-state index is 10.4. The Morgan fingerprint density at radius 1 is 0.907 bits per heavy atom. The molecule has 8 nitrogen and oxygen atoms in total. The zero-order valence-corrected chi connectivity index (χ0v) is 24.9. The molecular formula is C34H34N4O4S. The fourth-order valence-corrected chi connectivity index (χ4v) is 6.67. The quantitative estimate of drug-likeness (QED) is 0.178. The van der Waals surface area contributed by atoms with E-state index in [2.05, 4.69) is 22.3 Å². The summed E-state index contributed by atoms with van der Waals surface area (Å²) >= 11 is 1.63. The van der Waals surface area contributed by atoms with Gasteiger partial charge in [-0.15, -0.1) is 0 Å². The normalized spacial score (nSPS) is 15.9. The Hall–Kier alpha value is -4.31. The Labute approximate surface area is 255 Å². The van der Waals surface area contributed by atoms with Crippen molar-refractivity contribution < 1.29 is 19.7 Å². The number of benzene rings is 4. The van der Waals surface area contributed by atoms with Gasteiger partial charge >= 0.3 is 0 Å². The maximum Gasteiger partial charge on any atom is 0.225 e. The average molecular weight is 595 g/mol. The smallest absolute Gasteiger partial charge is 0.225 e. The molecule has 4 aromatic carbocycles. The second kappa shape index (κ2) is 12.9. The predicted octanol–water partition coefficient (Wildman–Crippen LogP) is 6.07. The van der Waals surface area contributed by atoms with Crippen molar-refractivity contribution in [1.29, 1.82) is 0 Å². The SMILES string of the molecule is COc1cccc2c1OCC(CO)C2N(C)c1nc(NCc2ccccc2Sc2ccccc2CO)nc2ccccc12. The summed E-state index contributed by atoms with van der Waals surface area (Å²) < 4.78 is 11.6. The molecule has 0 saturated heterocycles. The van der Waals surface area contributed by atoms with E-state index >= 15 is 0 Å². The molecule has 0 amide bonds. The molecule has 43 heavy (non-hydrogen) atoms. The van der Waals surface area contributed by atoms with E-state index in [0.29, 0.717) is 30.6 Å². The number of ether oxygens (including phenoxy) is 2. The molecule has 220 valence electrons. The Morgan fingerprint density at radius 3 is 2.40 bits per heavy atom. The van der Waals surface area contributed by atoms with Gasteiger partial charge in [-0.05, 0) is 41.5 Å². The van der Waals surface area contributed by atoms with Crippen molar-refractivity contribution in [2.24, 2.45) is 5.92 Å². The molecule has 3 N–H and O–H groups in total. The van der Waals surface area contributed by atoms with Gasteiger partial charge in [0.25, 0.3) is 0 Å².